The Morgan fingerprint density at radius 1 is 1.04 bits per heavy atom. The Morgan fingerprint density at radius 2 is 1.72 bits per heavy atom. The molecule has 0 saturated carbocycles. The highest BCUT2D eigenvalue weighted by molar-refractivity contribution is 5.34. The van der Waals surface area contributed by atoms with Crippen LogP contribution < -0.4 is 10.5 Å². The molecule has 136 valence electrons. The van der Waals surface area contributed by atoms with Gasteiger partial charge in [-0.15, -0.1) is 0 Å². The van der Waals surface area contributed by atoms with Crippen molar-refractivity contribution < 1.29 is 14.9 Å². The van der Waals surface area contributed by atoms with E-state index in [4.69, 9.17) is 10.5 Å². The van der Waals surface area contributed by atoms with Crippen molar-refractivity contribution in [2.75, 3.05) is 13.2 Å². The van der Waals surface area contributed by atoms with E-state index in [9.17, 15) is 10.2 Å². The lowest BCUT2D eigenvalue weighted by atomic mass is 9.92. The van der Waals surface area contributed by atoms with Crippen molar-refractivity contribution in [3.8, 4) is 5.75 Å². The topological polar surface area (TPSA) is 75.7 Å². The molecule has 0 aromatic heterocycles. The molecule has 4 nitrogen and oxygen atoms in total. The van der Waals surface area contributed by atoms with Gasteiger partial charge >= 0.3 is 0 Å². The van der Waals surface area contributed by atoms with Crippen LogP contribution in [0.3, 0.4) is 0 Å². The van der Waals surface area contributed by atoms with E-state index in [2.05, 4.69) is 38.1 Å². The number of hydrogen-bond donors (Lipinski definition) is 3. The third-order valence-corrected chi connectivity index (χ3v) is 4.88. The lowest BCUT2D eigenvalue weighted by molar-refractivity contribution is 0.120. The van der Waals surface area contributed by atoms with Crippen molar-refractivity contribution in [1.82, 2.24) is 0 Å². The van der Waals surface area contributed by atoms with Gasteiger partial charge in [-0.25, -0.2) is 0 Å². The van der Waals surface area contributed by atoms with Crippen LogP contribution in [0.25, 0.3) is 0 Å². The normalized spacial score (nSPS) is 14.2. The molecule has 2 aromatic rings. The van der Waals surface area contributed by atoms with Gasteiger partial charge in [0.05, 0.1) is 18.8 Å². The van der Waals surface area contributed by atoms with E-state index in [1.165, 1.54) is 11.1 Å². The molecule has 0 saturated heterocycles. The number of hydrogen-bond acceptors (Lipinski definition) is 4. The first-order valence-electron chi connectivity index (χ1n) is 8.80. The molecule has 2 atom stereocenters. The van der Waals surface area contributed by atoms with Gasteiger partial charge in [0.2, 0.25) is 0 Å². The van der Waals surface area contributed by atoms with Crippen LogP contribution in [0.5, 0.6) is 5.75 Å². The molecule has 0 aliphatic carbocycles. The second-order valence-corrected chi connectivity index (χ2v) is 6.71. The summed E-state index contributed by atoms with van der Waals surface area (Å²) in [6.07, 6.45) is 0.983. The molecule has 0 radical (unpaired) electrons. The predicted octanol–water partition coefficient (Wildman–Crippen LogP) is 2.96. The lowest BCUT2D eigenvalue weighted by Gasteiger charge is -2.27. The largest absolute Gasteiger partial charge is 0.490 e. The summed E-state index contributed by atoms with van der Waals surface area (Å²) < 4.78 is 6.11. The molecule has 2 rings (SSSR count). The zero-order chi connectivity index (χ0) is 18.4. The SMILES string of the molecule is CCc1cccc([C@H](C)[C@H](C)Oc2cccc(C(N)(CO)CO)c2)c1. The number of benzene rings is 2. The maximum absolute atomic E-state index is 9.47. The number of aliphatic hydroxyl groups is 2. The first kappa shape index (κ1) is 19.4. The van der Waals surface area contributed by atoms with Crippen LogP contribution in [0.2, 0.25) is 0 Å². The van der Waals surface area contributed by atoms with Gasteiger partial charge in [0.25, 0.3) is 0 Å². The van der Waals surface area contributed by atoms with Crippen molar-refractivity contribution in [3.05, 3.63) is 65.2 Å². The van der Waals surface area contributed by atoms with Crippen LogP contribution in [-0.2, 0) is 12.0 Å². The molecule has 4 heteroatoms. The number of nitrogens with two attached hydrogens (primary N) is 1. The van der Waals surface area contributed by atoms with Crippen LogP contribution >= 0.6 is 0 Å². The molecule has 0 spiro atoms. The van der Waals surface area contributed by atoms with Crippen molar-refractivity contribution in [3.63, 3.8) is 0 Å². The summed E-state index contributed by atoms with van der Waals surface area (Å²) in [6.45, 7) is 5.68. The Labute approximate surface area is 150 Å². The van der Waals surface area contributed by atoms with Crippen LogP contribution in [0.1, 0.15) is 43.4 Å². The van der Waals surface area contributed by atoms with Crippen LogP contribution in [0.4, 0.5) is 0 Å². The molecule has 0 aliphatic heterocycles. The number of aryl methyl sites for hydroxylation is 1. The second-order valence-electron chi connectivity index (χ2n) is 6.71. The average Bonchev–Trinajstić information content (AvgIpc) is 2.66. The van der Waals surface area contributed by atoms with Crippen molar-refractivity contribution in [2.45, 2.75) is 44.8 Å². The molecule has 0 unspecified atom stereocenters. The van der Waals surface area contributed by atoms with Crippen molar-refractivity contribution in [2.24, 2.45) is 5.73 Å². The minimum absolute atomic E-state index is 0.0298. The van der Waals surface area contributed by atoms with Gasteiger partial charge < -0.3 is 20.7 Å². The Bertz CT molecular complexity index is 682. The molecule has 0 amide bonds. The molecule has 4 N–H and O–H groups in total. The number of rotatable bonds is 8. The van der Waals surface area contributed by atoms with Gasteiger partial charge in [0.1, 0.15) is 11.9 Å². The summed E-state index contributed by atoms with van der Waals surface area (Å²) in [5, 5.41) is 18.9. The smallest absolute Gasteiger partial charge is 0.120 e. The summed E-state index contributed by atoms with van der Waals surface area (Å²) in [5.74, 6) is 0.911. The fourth-order valence-electron chi connectivity index (χ4n) is 2.80. The average molecular weight is 343 g/mol. The third-order valence-electron chi connectivity index (χ3n) is 4.88. The van der Waals surface area contributed by atoms with Gasteiger partial charge in [0.15, 0.2) is 0 Å². The van der Waals surface area contributed by atoms with E-state index < -0.39 is 5.54 Å². The Morgan fingerprint density at radius 3 is 2.36 bits per heavy atom. The van der Waals surface area contributed by atoms with Crippen LogP contribution in [0, 0.1) is 0 Å². The highest BCUT2D eigenvalue weighted by atomic mass is 16.5. The Balaban J connectivity index is 2.15. The lowest BCUT2D eigenvalue weighted by Crippen LogP contribution is -2.44. The van der Waals surface area contributed by atoms with Gasteiger partial charge in [-0.05, 0) is 42.2 Å². The molecule has 0 bridgehead atoms. The summed E-state index contributed by atoms with van der Waals surface area (Å²) >= 11 is 0. The summed E-state index contributed by atoms with van der Waals surface area (Å²) in [4.78, 5) is 0. The maximum Gasteiger partial charge on any atom is 0.120 e. The maximum atomic E-state index is 9.47. The molecule has 2 aromatic carbocycles. The van der Waals surface area contributed by atoms with Crippen LogP contribution in [0.15, 0.2) is 48.5 Å². The Hall–Kier alpha value is -1.88. The first-order valence-corrected chi connectivity index (χ1v) is 8.80. The van der Waals surface area contributed by atoms with E-state index in [0.29, 0.717) is 11.3 Å². The van der Waals surface area contributed by atoms with Gasteiger partial charge in [-0.2, -0.15) is 0 Å². The Kier molecular flexibility index (Phi) is 6.59. The second kappa shape index (κ2) is 8.48. The zero-order valence-electron chi connectivity index (χ0n) is 15.3. The monoisotopic (exact) mass is 343 g/mol. The minimum atomic E-state index is -1.16. The van der Waals surface area contributed by atoms with Crippen molar-refractivity contribution in [1.29, 1.82) is 0 Å². The molecule has 0 aliphatic rings. The molecular formula is C21H29NO3. The zero-order valence-corrected chi connectivity index (χ0v) is 15.3. The molecular weight excluding hydrogens is 314 g/mol. The standard InChI is InChI=1S/C21H29NO3/c1-4-17-7-5-8-18(11-17)15(2)16(3)25-20-10-6-9-19(12-20)21(22,13-23)14-24/h5-12,15-16,23-24H,4,13-14,22H2,1-3H3/t15-,16+/m1/s1. The minimum Gasteiger partial charge on any atom is -0.490 e. The van der Waals surface area contributed by atoms with Gasteiger partial charge in [-0.3, -0.25) is 0 Å². The van der Waals surface area contributed by atoms with E-state index in [0.717, 1.165) is 6.42 Å². The quantitative estimate of drug-likeness (QED) is 0.689. The van der Waals surface area contributed by atoms with Gasteiger partial charge in [0, 0.05) is 5.92 Å². The summed E-state index contributed by atoms with van der Waals surface area (Å²) in [6, 6.07) is 15.8. The molecule has 0 fully saturated rings. The van der Waals surface area contributed by atoms with E-state index in [1.807, 2.05) is 19.1 Å². The van der Waals surface area contributed by atoms with Gasteiger partial charge in [-0.1, -0.05) is 50.2 Å². The van der Waals surface area contributed by atoms with Crippen LogP contribution in [-0.4, -0.2) is 29.5 Å². The first-order chi connectivity index (χ1) is 11.9. The third kappa shape index (κ3) is 4.60. The highest BCUT2D eigenvalue weighted by Crippen LogP contribution is 2.27. The number of aliphatic hydroxyl groups excluding tert-OH is 2. The van der Waals surface area contributed by atoms with Crippen molar-refractivity contribution >= 4 is 0 Å². The van der Waals surface area contributed by atoms with E-state index in [-0.39, 0.29) is 25.2 Å². The summed E-state index contributed by atoms with van der Waals surface area (Å²) in [5.41, 5.74) is 8.11. The van der Waals surface area contributed by atoms with E-state index >= 15 is 0 Å². The van der Waals surface area contributed by atoms with E-state index in [1.54, 1.807) is 12.1 Å². The fraction of sp³-hybridized carbons (Fsp3) is 0.429. The highest BCUT2D eigenvalue weighted by Gasteiger charge is 2.26. The predicted molar refractivity (Wildman–Crippen MR) is 101 cm³/mol. The number of ether oxygens (including phenoxy) is 1. The molecule has 25 heavy (non-hydrogen) atoms. The fourth-order valence-corrected chi connectivity index (χ4v) is 2.80. The summed E-state index contributed by atoms with van der Waals surface area (Å²) in [7, 11) is 0. The molecule has 0 heterocycles.